The molecule has 0 saturated heterocycles. The van der Waals surface area contributed by atoms with E-state index in [0.717, 1.165) is 11.1 Å². The number of thiophene rings is 1. The van der Waals surface area contributed by atoms with Gasteiger partial charge in [-0.2, -0.15) is 0 Å². The highest BCUT2D eigenvalue weighted by Crippen LogP contribution is 2.22. The van der Waals surface area contributed by atoms with Crippen molar-refractivity contribution in [3.63, 3.8) is 0 Å². The Kier molecular flexibility index (Phi) is 5.09. The van der Waals surface area contributed by atoms with Gasteiger partial charge in [-0.05, 0) is 31.5 Å². The Morgan fingerprint density at radius 2 is 1.95 bits per heavy atom. The highest BCUT2D eigenvalue weighted by Gasteiger charge is 2.11. The second-order valence-corrected chi connectivity index (χ2v) is 6.73. The third-order valence-corrected chi connectivity index (χ3v) is 4.59. The van der Waals surface area contributed by atoms with Gasteiger partial charge in [0.2, 0.25) is 5.91 Å². The molecule has 1 aromatic heterocycles. The van der Waals surface area contributed by atoms with Crippen molar-refractivity contribution in [2.75, 3.05) is 0 Å². The predicted octanol–water partition coefficient (Wildman–Crippen LogP) is 3.11. The maximum atomic E-state index is 12.1. The summed E-state index contributed by atoms with van der Waals surface area (Å²) >= 11 is 6.61. The quantitative estimate of drug-likeness (QED) is 0.833. The minimum Gasteiger partial charge on any atom is -0.389 e. The summed E-state index contributed by atoms with van der Waals surface area (Å²) in [4.78, 5) is 14.9. The van der Waals surface area contributed by atoms with E-state index in [1.54, 1.807) is 11.3 Å². The van der Waals surface area contributed by atoms with Gasteiger partial charge in [0.1, 0.15) is 4.99 Å². The van der Waals surface area contributed by atoms with Gasteiger partial charge < -0.3 is 11.1 Å². The minimum atomic E-state index is 0.0108. The van der Waals surface area contributed by atoms with Gasteiger partial charge >= 0.3 is 0 Å². The predicted molar refractivity (Wildman–Crippen MR) is 91.6 cm³/mol. The summed E-state index contributed by atoms with van der Waals surface area (Å²) in [6.45, 7) is 4.06. The monoisotopic (exact) mass is 318 g/mol. The Balaban J connectivity index is 1.93. The van der Waals surface area contributed by atoms with Crippen molar-refractivity contribution in [1.29, 1.82) is 0 Å². The summed E-state index contributed by atoms with van der Waals surface area (Å²) in [7, 11) is 0. The van der Waals surface area contributed by atoms with Gasteiger partial charge in [0.05, 0.1) is 12.5 Å². The molecule has 110 valence electrons. The van der Waals surface area contributed by atoms with Gasteiger partial charge in [-0.15, -0.1) is 11.3 Å². The van der Waals surface area contributed by atoms with Gasteiger partial charge in [0.15, 0.2) is 0 Å². The number of thiocarbonyl (C=S) groups is 1. The van der Waals surface area contributed by atoms with Crippen LogP contribution in [0.2, 0.25) is 0 Å². The molecule has 21 heavy (non-hydrogen) atoms. The fourth-order valence-electron chi connectivity index (χ4n) is 2.02. The molecule has 0 aliphatic heterocycles. The Morgan fingerprint density at radius 1 is 1.29 bits per heavy atom. The summed E-state index contributed by atoms with van der Waals surface area (Å²) in [6.07, 6.45) is 0.353. The van der Waals surface area contributed by atoms with Crippen LogP contribution in [0.15, 0.2) is 36.4 Å². The van der Waals surface area contributed by atoms with Gasteiger partial charge in [-0.1, -0.05) is 36.5 Å². The highest BCUT2D eigenvalue weighted by molar-refractivity contribution is 7.80. The average molecular weight is 318 g/mol. The molecule has 0 radical (unpaired) electrons. The van der Waals surface area contributed by atoms with Gasteiger partial charge in [0, 0.05) is 15.3 Å². The summed E-state index contributed by atoms with van der Waals surface area (Å²) in [5.74, 6) is 0.0108. The zero-order valence-corrected chi connectivity index (χ0v) is 13.7. The molecular weight excluding hydrogens is 300 g/mol. The van der Waals surface area contributed by atoms with E-state index >= 15 is 0 Å². The molecule has 5 heteroatoms. The van der Waals surface area contributed by atoms with Crippen LogP contribution in [-0.4, -0.2) is 10.9 Å². The molecule has 3 nitrogen and oxygen atoms in total. The SMILES string of the molecule is Cc1ccc(C(C)NC(=O)Cc2ccc(C(N)=S)cc2)s1. The minimum absolute atomic E-state index is 0.0108. The molecule has 0 saturated carbocycles. The molecule has 0 fully saturated rings. The van der Waals surface area contributed by atoms with Crippen molar-refractivity contribution < 1.29 is 4.79 Å². The number of hydrogen-bond donors (Lipinski definition) is 2. The fraction of sp³-hybridized carbons (Fsp3) is 0.250. The Morgan fingerprint density at radius 3 is 2.48 bits per heavy atom. The largest absolute Gasteiger partial charge is 0.389 e. The normalized spacial score (nSPS) is 11.9. The topological polar surface area (TPSA) is 55.1 Å². The van der Waals surface area contributed by atoms with Gasteiger partial charge in [-0.3, -0.25) is 4.79 Å². The van der Waals surface area contributed by atoms with Crippen molar-refractivity contribution in [1.82, 2.24) is 5.32 Å². The summed E-state index contributed by atoms with van der Waals surface area (Å²) in [5, 5.41) is 3.02. The molecule has 0 bridgehead atoms. The maximum Gasteiger partial charge on any atom is 0.224 e. The molecule has 2 aromatic rings. The zero-order chi connectivity index (χ0) is 15.4. The number of nitrogens with two attached hydrogens (primary N) is 1. The number of benzene rings is 1. The maximum absolute atomic E-state index is 12.1. The molecule has 1 atom stereocenters. The Bertz CT molecular complexity index is 647. The van der Waals surface area contributed by atoms with E-state index in [4.69, 9.17) is 18.0 Å². The summed E-state index contributed by atoms with van der Waals surface area (Å²) in [6, 6.07) is 11.6. The van der Waals surface area contributed by atoms with Crippen LogP contribution in [0.25, 0.3) is 0 Å². The molecule has 1 unspecified atom stereocenters. The van der Waals surface area contributed by atoms with Gasteiger partial charge in [0.25, 0.3) is 0 Å². The van der Waals surface area contributed by atoms with Crippen molar-refractivity contribution in [2.45, 2.75) is 26.3 Å². The molecule has 2 rings (SSSR count). The van der Waals surface area contributed by atoms with E-state index < -0.39 is 0 Å². The molecular formula is C16H18N2OS2. The third kappa shape index (κ3) is 4.37. The number of hydrogen-bond acceptors (Lipinski definition) is 3. The van der Waals surface area contributed by atoms with Crippen molar-refractivity contribution >= 4 is 34.5 Å². The second-order valence-electron chi connectivity index (χ2n) is 4.98. The van der Waals surface area contributed by atoms with Crippen molar-refractivity contribution in [3.05, 3.63) is 57.3 Å². The molecule has 0 aliphatic rings. The third-order valence-electron chi connectivity index (χ3n) is 3.17. The first-order valence-electron chi connectivity index (χ1n) is 6.70. The lowest BCUT2D eigenvalue weighted by Gasteiger charge is -2.12. The Labute approximate surface area is 134 Å². The lowest BCUT2D eigenvalue weighted by Crippen LogP contribution is -2.27. The van der Waals surface area contributed by atoms with E-state index in [9.17, 15) is 4.79 Å². The fourth-order valence-corrected chi connectivity index (χ4v) is 3.04. The first kappa shape index (κ1) is 15.7. The number of nitrogens with one attached hydrogen (secondary N) is 1. The molecule has 3 N–H and O–H groups in total. The van der Waals surface area contributed by atoms with Gasteiger partial charge in [-0.25, -0.2) is 0 Å². The first-order valence-corrected chi connectivity index (χ1v) is 7.92. The first-order chi connectivity index (χ1) is 9.95. The lowest BCUT2D eigenvalue weighted by atomic mass is 10.1. The van der Waals surface area contributed by atoms with Crippen LogP contribution in [0.3, 0.4) is 0 Å². The zero-order valence-electron chi connectivity index (χ0n) is 12.1. The number of amides is 1. The van der Waals surface area contributed by atoms with Crippen LogP contribution in [0, 0.1) is 6.92 Å². The van der Waals surface area contributed by atoms with Crippen molar-refractivity contribution in [2.24, 2.45) is 5.73 Å². The van der Waals surface area contributed by atoms with Crippen LogP contribution in [0.4, 0.5) is 0 Å². The smallest absolute Gasteiger partial charge is 0.224 e. The standard InChI is InChI=1S/C16H18N2OS2/c1-10-3-8-14(21-10)11(2)18-15(19)9-12-4-6-13(7-5-12)16(17)20/h3-8,11H,9H2,1-2H3,(H2,17,20)(H,18,19). The van der Waals surface area contributed by atoms with E-state index in [1.165, 1.54) is 9.75 Å². The number of rotatable bonds is 5. The average Bonchev–Trinajstić information content (AvgIpc) is 2.86. The van der Waals surface area contributed by atoms with E-state index in [-0.39, 0.29) is 11.9 Å². The van der Waals surface area contributed by atoms with Crippen LogP contribution in [-0.2, 0) is 11.2 Å². The van der Waals surface area contributed by atoms with Crippen LogP contribution < -0.4 is 11.1 Å². The number of carbonyl (C=O) groups is 1. The van der Waals surface area contributed by atoms with Crippen molar-refractivity contribution in [3.8, 4) is 0 Å². The molecule has 1 amide bonds. The molecule has 1 heterocycles. The number of aryl methyl sites for hydroxylation is 1. The van der Waals surface area contributed by atoms with Crippen LogP contribution in [0.1, 0.15) is 33.8 Å². The van der Waals surface area contributed by atoms with E-state index in [1.807, 2.05) is 31.2 Å². The molecule has 0 aliphatic carbocycles. The number of carbonyl (C=O) groups excluding carboxylic acids is 1. The Hall–Kier alpha value is -1.72. The summed E-state index contributed by atoms with van der Waals surface area (Å²) < 4.78 is 0. The lowest BCUT2D eigenvalue weighted by molar-refractivity contribution is -0.121. The van der Waals surface area contributed by atoms with Crippen LogP contribution >= 0.6 is 23.6 Å². The molecule has 1 aromatic carbocycles. The van der Waals surface area contributed by atoms with E-state index in [2.05, 4.69) is 24.4 Å². The van der Waals surface area contributed by atoms with E-state index in [0.29, 0.717) is 11.4 Å². The van der Waals surface area contributed by atoms with Crippen LogP contribution in [0.5, 0.6) is 0 Å². The molecule has 0 spiro atoms. The highest BCUT2D eigenvalue weighted by atomic mass is 32.1. The summed E-state index contributed by atoms with van der Waals surface area (Å²) in [5.41, 5.74) is 7.31. The second kappa shape index (κ2) is 6.83.